The minimum absolute atomic E-state index is 0.0309. The highest BCUT2D eigenvalue weighted by Crippen LogP contribution is 2.30. The average molecular weight is 391 g/mol. The first-order valence-electron chi connectivity index (χ1n) is 8.57. The van der Waals surface area contributed by atoms with Crippen molar-refractivity contribution in [2.24, 2.45) is 0 Å². The quantitative estimate of drug-likeness (QED) is 0.555. The summed E-state index contributed by atoms with van der Waals surface area (Å²) in [5, 5.41) is 2.26. The number of carbonyl (C=O) groups excluding carboxylic acids is 2. The largest absolute Gasteiger partial charge is 0.452 e. The van der Waals surface area contributed by atoms with Crippen molar-refractivity contribution in [3.05, 3.63) is 71.3 Å². The Morgan fingerprint density at radius 2 is 1.79 bits per heavy atom. The van der Waals surface area contributed by atoms with Gasteiger partial charge < -0.3 is 10.1 Å². The monoisotopic (exact) mass is 391 g/mol. The number of halogens is 3. The van der Waals surface area contributed by atoms with Gasteiger partial charge in [-0.05, 0) is 41.3 Å². The maximum atomic E-state index is 12.7. The van der Waals surface area contributed by atoms with Crippen LogP contribution >= 0.6 is 0 Å². The van der Waals surface area contributed by atoms with E-state index < -0.39 is 30.2 Å². The highest BCUT2D eigenvalue weighted by Gasteiger charge is 2.30. The number of carbonyl (C=O) groups is 2. The maximum Gasteiger partial charge on any atom is 0.416 e. The average Bonchev–Trinajstić information content (AvgIpc) is 2.64. The van der Waals surface area contributed by atoms with Gasteiger partial charge in [0.2, 0.25) is 0 Å². The first-order chi connectivity index (χ1) is 13.1. The molecule has 1 N–H and O–H groups in total. The van der Waals surface area contributed by atoms with E-state index in [2.05, 4.69) is 19.2 Å². The van der Waals surface area contributed by atoms with Gasteiger partial charge in [0.25, 0.3) is 5.91 Å². The number of alkyl halides is 3. The number of esters is 1. The number of rotatable bonds is 6. The van der Waals surface area contributed by atoms with E-state index in [1.54, 1.807) is 6.08 Å². The third kappa shape index (κ3) is 6.57. The molecule has 0 aliphatic heterocycles. The van der Waals surface area contributed by atoms with Crippen LogP contribution in [-0.2, 0) is 20.5 Å². The molecule has 4 nitrogen and oxygen atoms in total. The smallest absolute Gasteiger partial charge is 0.416 e. The molecule has 0 bridgehead atoms. The van der Waals surface area contributed by atoms with Crippen LogP contribution in [0.25, 0.3) is 6.08 Å². The normalized spacial score (nSPS) is 11.6. The van der Waals surface area contributed by atoms with Crippen LogP contribution in [-0.4, -0.2) is 18.5 Å². The zero-order chi connectivity index (χ0) is 20.7. The Hall–Kier alpha value is -3.09. The molecule has 0 atom stereocenters. The van der Waals surface area contributed by atoms with Gasteiger partial charge in [0.1, 0.15) is 0 Å². The Bertz CT molecular complexity index is 856. The Morgan fingerprint density at radius 3 is 2.39 bits per heavy atom. The molecule has 2 aromatic carbocycles. The van der Waals surface area contributed by atoms with Gasteiger partial charge in [0.05, 0.1) is 5.56 Å². The Labute approximate surface area is 161 Å². The predicted octanol–water partition coefficient (Wildman–Crippen LogP) is 5.02. The topological polar surface area (TPSA) is 55.4 Å². The van der Waals surface area contributed by atoms with Crippen molar-refractivity contribution in [1.29, 1.82) is 0 Å². The van der Waals surface area contributed by atoms with E-state index in [0.717, 1.165) is 17.7 Å². The molecule has 148 valence electrons. The zero-order valence-corrected chi connectivity index (χ0v) is 15.4. The van der Waals surface area contributed by atoms with E-state index in [9.17, 15) is 22.8 Å². The van der Waals surface area contributed by atoms with Crippen LogP contribution in [0.4, 0.5) is 18.9 Å². The fourth-order valence-electron chi connectivity index (χ4n) is 2.31. The van der Waals surface area contributed by atoms with Gasteiger partial charge in [-0.2, -0.15) is 13.2 Å². The standard InChI is InChI=1S/C21H20F3NO3/c1-14(2)16-9-6-15(7-10-16)8-11-20(27)28-13-19(26)25-18-5-3-4-17(12-18)21(22,23)24/h3-12,14H,13H2,1-2H3,(H,25,26). The third-order valence-electron chi connectivity index (χ3n) is 3.83. The predicted molar refractivity (Wildman–Crippen MR) is 101 cm³/mol. The molecule has 0 saturated heterocycles. The van der Waals surface area contributed by atoms with E-state index >= 15 is 0 Å². The second-order valence-corrected chi connectivity index (χ2v) is 6.39. The van der Waals surface area contributed by atoms with Crippen LogP contribution in [0.2, 0.25) is 0 Å². The van der Waals surface area contributed by atoms with E-state index in [4.69, 9.17) is 4.74 Å². The molecular weight excluding hydrogens is 371 g/mol. The first kappa shape index (κ1) is 21.2. The Morgan fingerprint density at radius 1 is 1.11 bits per heavy atom. The summed E-state index contributed by atoms with van der Waals surface area (Å²) in [5.41, 5.74) is 1.06. The first-order valence-corrected chi connectivity index (χ1v) is 8.57. The molecule has 0 heterocycles. The van der Waals surface area contributed by atoms with Crippen LogP contribution in [0.15, 0.2) is 54.6 Å². The molecule has 0 spiro atoms. The molecule has 0 saturated carbocycles. The van der Waals surface area contributed by atoms with Crippen molar-refractivity contribution >= 4 is 23.6 Å². The molecule has 0 aliphatic carbocycles. The summed E-state index contributed by atoms with van der Waals surface area (Å²) < 4.78 is 42.8. The lowest BCUT2D eigenvalue weighted by molar-refractivity contribution is -0.142. The molecule has 0 fully saturated rings. The maximum absolute atomic E-state index is 12.7. The summed E-state index contributed by atoms with van der Waals surface area (Å²) >= 11 is 0. The molecule has 1 amide bonds. The van der Waals surface area contributed by atoms with Gasteiger partial charge in [-0.25, -0.2) is 4.79 Å². The van der Waals surface area contributed by atoms with Crippen LogP contribution in [0.1, 0.15) is 36.5 Å². The number of anilines is 1. The fraction of sp³-hybridized carbons (Fsp3) is 0.238. The second-order valence-electron chi connectivity index (χ2n) is 6.39. The number of benzene rings is 2. The molecule has 0 unspecified atom stereocenters. The van der Waals surface area contributed by atoms with Gasteiger partial charge in [-0.3, -0.25) is 4.79 Å². The number of amides is 1. The SMILES string of the molecule is CC(C)c1ccc(C=CC(=O)OCC(=O)Nc2cccc(C(F)(F)F)c2)cc1. The third-order valence-corrected chi connectivity index (χ3v) is 3.83. The van der Waals surface area contributed by atoms with Gasteiger partial charge in [0, 0.05) is 11.8 Å². The van der Waals surface area contributed by atoms with Crippen LogP contribution in [0, 0.1) is 0 Å². The molecule has 0 aliphatic rings. The highest BCUT2D eigenvalue weighted by atomic mass is 19.4. The number of hydrogen-bond donors (Lipinski definition) is 1. The lowest BCUT2D eigenvalue weighted by Crippen LogP contribution is -2.20. The van der Waals surface area contributed by atoms with Crippen molar-refractivity contribution in [1.82, 2.24) is 0 Å². The van der Waals surface area contributed by atoms with Gasteiger partial charge in [0.15, 0.2) is 6.61 Å². The van der Waals surface area contributed by atoms with Gasteiger partial charge >= 0.3 is 12.1 Å². The summed E-state index contributed by atoms with van der Waals surface area (Å²) in [5.74, 6) is -1.06. The zero-order valence-electron chi connectivity index (χ0n) is 15.4. The van der Waals surface area contributed by atoms with Crippen molar-refractivity contribution in [2.75, 3.05) is 11.9 Å². The van der Waals surface area contributed by atoms with Gasteiger partial charge in [-0.15, -0.1) is 0 Å². The minimum Gasteiger partial charge on any atom is -0.452 e. The van der Waals surface area contributed by atoms with Crippen LogP contribution < -0.4 is 5.32 Å². The van der Waals surface area contributed by atoms with Crippen molar-refractivity contribution < 1.29 is 27.5 Å². The van der Waals surface area contributed by atoms with E-state index in [1.165, 1.54) is 23.8 Å². The number of ether oxygens (including phenoxy) is 1. The van der Waals surface area contributed by atoms with E-state index in [1.807, 2.05) is 24.3 Å². The Balaban J connectivity index is 1.84. The summed E-state index contributed by atoms with van der Waals surface area (Å²) in [7, 11) is 0. The molecule has 2 aromatic rings. The molecule has 28 heavy (non-hydrogen) atoms. The summed E-state index contributed by atoms with van der Waals surface area (Å²) in [6, 6.07) is 11.8. The second kappa shape index (κ2) is 9.21. The number of hydrogen-bond acceptors (Lipinski definition) is 3. The summed E-state index contributed by atoms with van der Waals surface area (Å²) in [4.78, 5) is 23.5. The fourth-order valence-corrected chi connectivity index (χ4v) is 2.31. The van der Waals surface area contributed by atoms with Crippen molar-refractivity contribution in [2.45, 2.75) is 25.9 Å². The van der Waals surface area contributed by atoms with E-state index in [0.29, 0.717) is 5.92 Å². The lowest BCUT2D eigenvalue weighted by atomic mass is 10.0. The van der Waals surface area contributed by atoms with E-state index in [-0.39, 0.29) is 5.69 Å². The lowest BCUT2D eigenvalue weighted by Gasteiger charge is -2.09. The van der Waals surface area contributed by atoms with Crippen LogP contribution in [0.5, 0.6) is 0 Å². The molecular formula is C21H20F3NO3. The van der Waals surface area contributed by atoms with Gasteiger partial charge in [-0.1, -0.05) is 44.2 Å². The molecule has 2 rings (SSSR count). The molecule has 0 aromatic heterocycles. The van der Waals surface area contributed by atoms with Crippen molar-refractivity contribution in [3.8, 4) is 0 Å². The van der Waals surface area contributed by atoms with Crippen LogP contribution in [0.3, 0.4) is 0 Å². The highest BCUT2D eigenvalue weighted by molar-refractivity contribution is 5.94. The minimum atomic E-state index is -4.51. The van der Waals surface area contributed by atoms with Crippen molar-refractivity contribution in [3.63, 3.8) is 0 Å². The molecule has 0 radical (unpaired) electrons. The Kier molecular flexibility index (Phi) is 6.98. The summed E-state index contributed by atoms with van der Waals surface area (Å²) in [6.07, 6.45) is -1.77. The summed E-state index contributed by atoms with van der Waals surface area (Å²) in [6.45, 7) is 3.55. The molecule has 7 heteroatoms. The number of nitrogens with one attached hydrogen (secondary N) is 1.